The van der Waals surface area contributed by atoms with Crippen LogP contribution in [0.15, 0.2) is 53.4 Å². The Balaban J connectivity index is 1.97. The molecule has 0 N–H and O–H groups in total. The number of thioether (sulfide) groups is 1. The highest BCUT2D eigenvalue weighted by atomic mass is 127. The number of halogens is 1. The van der Waals surface area contributed by atoms with Gasteiger partial charge in [-0.05, 0) is 57.8 Å². The number of carbonyl (C=O) groups excluding carboxylic acids is 1. The first kappa shape index (κ1) is 16.6. The Labute approximate surface area is 144 Å². The summed E-state index contributed by atoms with van der Waals surface area (Å²) in [5.74, 6) is 0.659. The normalized spacial score (nSPS) is 11.4. The van der Waals surface area contributed by atoms with E-state index in [-0.39, 0.29) is 11.2 Å². The molecule has 0 atom stereocenters. The number of carbonyl (C=O) groups is 1. The van der Waals surface area contributed by atoms with Crippen LogP contribution in [0.5, 0.6) is 0 Å². The van der Waals surface area contributed by atoms with Gasteiger partial charge in [0, 0.05) is 14.0 Å². The van der Waals surface area contributed by atoms with Crippen LogP contribution < -0.4 is 0 Å². The van der Waals surface area contributed by atoms with Gasteiger partial charge in [-0.2, -0.15) is 0 Å². The second kappa shape index (κ2) is 6.97. The molecule has 0 aliphatic carbocycles. The maximum Gasteiger partial charge on any atom is 0.173 e. The molecule has 0 heterocycles. The summed E-state index contributed by atoms with van der Waals surface area (Å²) < 4.78 is 1.15. The van der Waals surface area contributed by atoms with Crippen molar-refractivity contribution in [1.82, 2.24) is 0 Å². The lowest BCUT2D eigenvalue weighted by Gasteiger charge is -2.19. The SMILES string of the molecule is CC(C)(C)c1ccc(SCC(=O)c2ccc(I)cc2)cc1. The molecule has 0 aromatic heterocycles. The molecular weight excluding hydrogens is 391 g/mol. The fourth-order valence-corrected chi connectivity index (χ4v) is 3.07. The molecule has 110 valence electrons. The van der Waals surface area contributed by atoms with Gasteiger partial charge in [-0.1, -0.05) is 45.0 Å². The summed E-state index contributed by atoms with van der Waals surface area (Å²) in [4.78, 5) is 13.3. The molecule has 0 bridgehead atoms. The van der Waals surface area contributed by atoms with E-state index in [9.17, 15) is 4.79 Å². The van der Waals surface area contributed by atoms with Crippen molar-refractivity contribution in [2.75, 3.05) is 5.75 Å². The van der Waals surface area contributed by atoms with E-state index in [0.717, 1.165) is 14.0 Å². The number of benzene rings is 2. The number of hydrogen-bond donors (Lipinski definition) is 0. The highest BCUT2D eigenvalue weighted by Gasteiger charge is 2.13. The van der Waals surface area contributed by atoms with Gasteiger partial charge in [-0.15, -0.1) is 11.8 Å². The van der Waals surface area contributed by atoms with Crippen LogP contribution in [-0.2, 0) is 5.41 Å². The van der Waals surface area contributed by atoms with E-state index in [1.54, 1.807) is 11.8 Å². The first-order valence-corrected chi connectivity index (χ1v) is 8.95. The Hall–Kier alpha value is -0.810. The van der Waals surface area contributed by atoms with Crippen LogP contribution >= 0.6 is 34.4 Å². The maximum absolute atomic E-state index is 12.1. The molecule has 0 amide bonds. The molecule has 0 saturated heterocycles. The van der Waals surface area contributed by atoms with Crippen LogP contribution in [0.4, 0.5) is 0 Å². The summed E-state index contributed by atoms with van der Waals surface area (Å²) in [5, 5.41) is 0. The zero-order valence-electron chi connectivity index (χ0n) is 12.5. The molecule has 0 aliphatic heterocycles. The zero-order valence-corrected chi connectivity index (χ0v) is 15.5. The number of hydrogen-bond acceptors (Lipinski definition) is 2. The number of Topliss-reactive ketones (excluding diaryl/α,β-unsaturated/α-hetero) is 1. The van der Waals surface area contributed by atoms with Crippen molar-refractivity contribution in [1.29, 1.82) is 0 Å². The molecule has 0 saturated carbocycles. The molecule has 0 fully saturated rings. The highest BCUT2D eigenvalue weighted by molar-refractivity contribution is 14.1. The zero-order chi connectivity index (χ0) is 15.5. The van der Waals surface area contributed by atoms with E-state index in [4.69, 9.17) is 0 Å². The molecule has 0 aliphatic rings. The van der Waals surface area contributed by atoms with Crippen molar-refractivity contribution < 1.29 is 4.79 Å². The third-order valence-electron chi connectivity index (χ3n) is 3.26. The molecule has 3 heteroatoms. The van der Waals surface area contributed by atoms with E-state index >= 15 is 0 Å². The van der Waals surface area contributed by atoms with Crippen LogP contribution in [0, 0.1) is 3.57 Å². The third kappa shape index (κ3) is 4.85. The highest BCUT2D eigenvalue weighted by Crippen LogP contribution is 2.26. The van der Waals surface area contributed by atoms with Gasteiger partial charge >= 0.3 is 0 Å². The van der Waals surface area contributed by atoms with Gasteiger partial charge in [-0.3, -0.25) is 4.79 Å². The molecule has 21 heavy (non-hydrogen) atoms. The second-order valence-electron chi connectivity index (χ2n) is 5.99. The lowest BCUT2D eigenvalue weighted by molar-refractivity contribution is 0.102. The molecule has 0 spiro atoms. The first-order valence-electron chi connectivity index (χ1n) is 6.88. The topological polar surface area (TPSA) is 17.1 Å². The van der Waals surface area contributed by atoms with Gasteiger partial charge in [-0.25, -0.2) is 0 Å². The molecule has 0 unspecified atom stereocenters. The summed E-state index contributed by atoms with van der Waals surface area (Å²) in [6, 6.07) is 16.2. The molecule has 2 rings (SSSR count). The van der Waals surface area contributed by atoms with Gasteiger partial charge in [0.15, 0.2) is 5.78 Å². The summed E-state index contributed by atoms with van der Waals surface area (Å²) in [7, 11) is 0. The Morgan fingerprint density at radius 1 is 1.00 bits per heavy atom. The van der Waals surface area contributed by atoms with Gasteiger partial charge in [0.05, 0.1) is 5.75 Å². The van der Waals surface area contributed by atoms with Gasteiger partial charge in [0.1, 0.15) is 0 Å². The van der Waals surface area contributed by atoms with Crippen molar-refractivity contribution in [2.24, 2.45) is 0 Å². The second-order valence-corrected chi connectivity index (χ2v) is 8.29. The molecule has 1 nitrogen and oxygen atoms in total. The number of ketones is 1. The van der Waals surface area contributed by atoms with Crippen molar-refractivity contribution >= 4 is 40.1 Å². The smallest absolute Gasteiger partial charge is 0.173 e. The fraction of sp³-hybridized carbons (Fsp3) is 0.278. The third-order valence-corrected chi connectivity index (χ3v) is 4.99. The minimum absolute atomic E-state index is 0.167. The Morgan fingerprint density at radius 2 is 1.57 bits per heavy atom. The van der Waals surface area contributed by atoms with E-state index in [2.05, 4.69) is 67.6 Å². The predicted octanol–water partition coefficient (Wildman–Crippen LogP) is 5.56. The summed E-state index contributed by atoms with van der Waals surface area (Å²) in [5.41, 5.74) is 2.27. The Bertz CT molecular complexity index is 609. The molecule has 0 radical (unpaired) electrons. The van der Waals surface area contributed by atoms with Crippen molar-refractivity contribution in [3.05, 3.63) is 63.2 Å². The Morgan fingerprint density at radius 3 is 2.10 bits per heavy atom. The largest absolute Gasteiger partial charge is 0.293 e. The lowest BCUT2D eigenvalue weighted by atomic mass is 9.87. The van der Waals surface area contributed by atoms with Crippen LogP contribution in [-0.4, -0.2) is 11.5 Å². The molecule has 2 aromatic rings. The van der Waals surface area contributed by atoms with E-state index in [1.165, 1.54) is 5.56 Å². The summed E-state index contributed by atoms with van der Waals surface area (Å²) in [6.45, 7) is 6.61. The average molecular weight is 410 g/mol. The first-order chi connectivity index (χ1) is 9.86. The molecular formula is C18H19IOS. The lowest BCUT2D eigenvalue weighted by Crippen LogP contribution is -2.10. The maximum atomic E-state index is 12.1. The summed E-state index contributed by atoms with van der Waals surface area (Å²) >= 11 is 3.84. The monoisotopic (exact) mass is 410 g/mol. The van der Waals surface area contributed by atoms with E-state index in [1.807, 2.05) is 24.3 Å². The van der Waals surface area contributed by atoms with E-state index < -0.39 is 0 Å². The fourth-order valence-electron chi connectivity index (χ4n) is 1.92. The average Bonchev–Trinajstić information content (AvgIpc) is 2.45. The van der Waals surface area contributed by atoms with Crippen LogP contribution in [0.25, 0.3) is 0 Å². The van der Waals surface area contributed by atoms with Crippen molar-refractivity contribution in [3.8, 4) is 0 Å². The number of rotatable bonds is 4. The standard InChI is InChI=1S/C18H19IOS/c1-18(2,3)14-6-10-16(11-7-14)21-12-17(20)13-4-8-15(19)9-5-13/h4-11H,12H2,1-3H3. The minimum Gasteiger partial charge on any atom is -0.293 e. The van der Waals surface area contributed by atoms with Crippen LogP contribution in [0.3, 0.4) is 0 Å². The molecule has 2 aromatic carbocycles. The quantitative estimate of drug-likeness (QED) is 0.373. The van der Waals surface area contributed by atoms with Crippen LogP contribution in [0.1, 0.15) is 36.7 Å². The Kier molecular flexibility index (Phi) is 5.49. The summed E-state index contributed by atoms with van der Waals surface area (Å²) in [6.07, 6.45) is 0. The van der Waals surface area contributed by atoms with E-state index in [0.29, 0.717) is 5.75 Å². The van der Waals surface area contributed by atoms with Gasteiger partial charge < -0.3 is 0 Å². The van der Waals surface area contributed by atoms with Crippen LogP contribution in [0.2, 0.25) is 0 Å². The van der Waals surface area contributed by atoms with Gasteiger partial charge in [0.25, 0.3) is 0 Å². The minimum atomic E-state index is 0.167. The predicted molar refractivity (Wildman–Crippen MR) is 99.4 cm³/mol. The van der Waals surface area contributed by atoms with Crippen molar-refractivity contribution in [2.45, 2.75) is 31.1 Å². The van der Waals surface area contributed by atoms with Crippen molar-refractivity contribution in [3.63, 3.8) is 0 Å². The van der Waals surface area contributed by atoms with Gasteiger partial charge in [0.2, 0.25) is 0 Å².